The molecule has 32 heavy (non-hydrogen) atoms. The number of imidazole rings is 1. The van der Waals surface area contributed by atoms with E-state index in [0.29, 0.717) is 47.8 Å². The van der Waals surface area contributed by atoms with Gasteiger partial charge in [-0.3, -0.25) is 9.48 Å². The van der Waals surface area contributed by atoms with Gasteiger partial charge in [-0.1, -0.05) is 5.16 Å². The first kappa shape index (κ1) is 20.2. The van der Waals surface area contributed by atoms with Crippen LogP contribution in [0.15, 0.2) is 23.3 Å². The van der Waals surface area contributed by atoms with E-state index in [1.165, 1.54) is 12.6 Å². The van der Waals surface area contributed by atoms with Crippen LogP contribution < -0.4 is 4.74 Å². The summed E-state index contributed by atoms with van der Waals surface area (Å²) in [6.45, 7) is 7.66. The fraction of sp³-hybridized carbons (Fsp3) is 0.429. The van der Waals surface area contributed by atoms with Crippen LogP contribution in [0.3, 0.4) is 0 Å². The van der Waals surface area contributed by atoms with E-state index in [-0.39, 0.29) is 12.0 Å². The van der Waals surface area contributed by atoms with Crippen LogP contribution in [-0.2, 0) is 13.6 Å². The van der Waals surface area contributed by atoms with Crippen molar-refractivity contribution in [2.75, 3.05) is 13.1 Å². The van der Waals surface area contributed by atoms with Crippen LogP contribution in [-0.4, -0.2) is 64.5 Å². The summed E-state index contributed by atoms with van der Waals surface area (Å²) in [5.41, 5.74) is 4.32. The highest BCUT2D eigenvalue weighted by Gasteiger charge is 2.31. The van der Waals surface area contributed by atoms with Crippen LogP contribution >= 0.6 is 0 Å². The van der Waals surface area contributed by atoms with Gasteiger partial charge in [-0.05, 0) is 20.8 Å². The number of rotatable bonds is 5. The summed E-state index contributed by atoms with van der Waals surface area (Å²) in [5, 5.41) is 8.22. The molecule has 4 aromatic rings. The number of aryl methyl sites for hydroxylation is 3. The topological polar surface area (TPSA) is 117 Å². The molecule has 11 heteroatoms. The van der Waals surface area contributed by atoms with E-state index in [9.17, 15) is 4.79 Å². The van der Waals surface area contributed by atoms with Crippen molar-refractivity contribution >= 4 is 17.1 Å². The van der Waals surface area contributed by atoms with Gasteiger partial charge in [0.1, 0.15) is 30.1 Å². The van der Waals surface area contributed by atoms with Crippen molar-refractivity contribution in [3.63, 3.8) is 0 Å². The molecular formula is C21H24N8O3. The van der Waals surface area contributed by atoms with Gasteiger partial charge in [0.2, 0.25) is 5.88 Å². The lowest BCUT2D eigenvalue weighted by Gasteiger charge is -2.16. The summed E-state index contributed by atoms with van der Waals surface area (Å²) in [4.78, 5) is 28.0. The summed E-state index contributed by atoms with van der Waals surface area (Å²) in [5.74, 6) is 1.07. The second kappa shape index (κ2) is 7.74. The maximum absolute atomic E-state index is 12.7. The van der Waals surface area contributed by atoms with Crippen LogP contribution in [0.2, 0.25) is 0 Å². The molecule has 1 amide bonds. The summed E-state index contributed by atoms with van der Waals surface area (Å²) >= 11 is 0. The van der Waals surface area contributed by atoms with Crippen LogP contribution in [0.25, 0.3) is 22.6 Å². The Hall–Kier alpha value is -3.76. The molecule has 1 unspecified atom stereocenters. The molecule has 0 spiro atoms. The number of aromatic nitrogens is 7. The number of nitrogens with zero attached hydrogens (tertiary/aromatic N) is 8. The average molecular weight is 436 g/mol. The smallest absolute Gasteiger partial charge is 0.259 e. The SMILES string of the molecule is CCn1ncc(-c2nc3c(OC4CCN(C(=O)c5conc5C)C4)ncnc3n2C)c1C. The fourth-order valence-electron chi connectivity index (χ4n) is 4.13. The Morgan fingerprint density at radius 2 is 2.16 bits per heavy atom. The molecule has 1 aliphatic heterocycles. The van der Waals surface area contributed by atoms with Gasteiger partial charge in [-0.2, -0.15) is 10.1 Å². The van der Waals surface area contributed by atoms with E-state index >= 15 is 0 Å². The molecule has 0 saturated carbocycles. The van der Waals surface area contributed by atoms with Crippen molar-refractivity contribution in [1.82, 2.24) is 39.4 Å². The van der Waals surface area contributed by atoms with E-state index in [1.54, 1.807) is 11.8 Å². The molecule has 5 heterocycles. The average Bonchev–Trinajstić information content (AvgIpc) is 3.56. The number of fused-ring (bicyclic) bond motifs is 1. The highest BCUT2D eigenvalue weighted by molar-refractivity contribution is 5.95. The van der Waals surface area contributed by atoms with Crippen molar-refractivity contribution in [1.29, 1.82) is 0 Å². The lowest BCUT2D eigenvalue weighted by molar-refractivity contribution is 0.0770. The molecule has 0 N–H and O–H groups in total. The number of amides is 1. The normalized spacial score (nSPS) is 16.2. The number of carbonyl (C=O) groups excluding carboxylic acids is 1. The zero-order chi connectivity index (χ0) is 22.4. The van der Waals surface area contributed by atoms with E-state index in [4.69, 9.17) is 14.2 Å². The van der Waals surface area contributed by atoms with Crippen LogP contribution in [0.5, 0.6) is 5.88 Å². The van der Waals surface area contributed by atoms with E-state index in [1.807, 2.05) is 29.4 Å². The second-order valence-electron chi connectivity index (χ2n) is 7.90. The monoisotopic (exact) mass is 436 g/mol. The van der Waals surface area contributed by atoms with Crippen molar-refractivity contribution in [2.45, 2.75) is 39.8 Å². The summed E-state index contributed by atoms with van der Waals surface area (Å²) < 4.78 is 15.0. The lowest BCUT2D eigenvalue weighted by Crippen LogP contribution is -2.31. The van der Waals surface area contributed by atoms with Crippen molar-refractivity contribution in [2.24, 2.45) is 7.05 Å². The van der Waals surface area contributed by atoms with Gasteiger partial charge in [-0.25, -0.2) is 9.97 Å². The highest BCUT2D eigenvalue weighted by atomic mass is 16.5. The molecule has 0 bridgehead atoms. The third kappa shape index (κ3) is 3.20. The van der Waals surface area contributed by atoms with Gasteiger partial charge in [0.05, 0.1) is 24.0 Å². The van der Waals surface area contributed by atoms with E-state index in [2.05, 4.69) is 27.1 Å². The predicted octanol–water partition coefficient (Wildman–Crippen LogP) is 2.15. The molecule has 1 aliphatic rings. The van der Waals surface area contributed by atoms with Gasteiger partial charge >= 0.3 is 0 Å². The molecule has 0 aromatic carbocycles. The van der Waals surface area contributed by atoms with Gasteiger partial charge in [0, 0.05) is 32.3 Å². The molecule has 4 aromatic heterocycles. The van der Waals surface area contributed by atoms with Gasteiger partial charge in [0.15, 0.2) is 11.2 Å². The van der Waals surface area contributed by atoms with Gasteiger partial charge < -0.3 is 18.7 Å². The molecule has 0 aliphatic carbocycles. The molecule has 166 valence electrons. The third-order valence-corrected chi connectivity index (χ3v) is 5.96. The Labute approximate surface area is 184 Å². The number of likely N-dealkylation sites (tertiary alicyclic amines) is 1. The van der Waals surface area contributed by atoms with Crippen LogP contribution in [0.4, 0.5) is 0 Å². The number of carbonyl (C=O) groups is 1. The zero-order valence-corrected chi connectivity index (χ0v) is 18.4. The van der Waals surface area contributed by atoms with Gasteiger partial charge in [0.25, 0.3) is 5.91 Å². The largest absolute Gasteiger partial charge is 0.471 e. The van der Waals surface area contributed by atoms with Crippen molar-refractivity contribution < 1.29 is 14.1 Å². The molecule has 1 atom stereocenters. The highest BCUT2D eigenvalue weighted by Crippen LogP contribution is 2.30. The summed E-state index contributed by atoms with van der Waals surface area (Å²) in [6, 6.07) is 0. The summed E-state index contributed by atoms with van der Waals surface area (Å²) in [7, 11) is 1.92. The molecule has 1 saturated heterocycles. The molecular weight excluding hydrogens is 412 g/mol. The minimum atomic E-state index is -0.188. The van der Waals surface area contributed by atoms with Gasteiger partial charge in [-0.15, -0.1) is 0 Å². The molecule has 5 rings (SSSR count). The van der Waals surface area contributed by atoms with E-state index in [0.717, 1.165) is 23.6 Å². The lowest BCUT2D eigenvalue weighted by atomic mass is 10.2. The molecule has 0 radical (unpaired) electrons. The van der Waals surface area contributed by atoms with E-state index < -0.39 is 0 Å². The first-order valence-electron chi connectivity index (χ1n) is 10.5. The Morgan fingerprint density at radius 3 is 2.88 bits per heavy atom. The maximum atomic E-state index is 12.7. The standard InChI is InChI=1S/C21H24N8O3/c1-5-29-13(3)15(8-24-29)18-25-17-19(27(18)4)22-11-23-20(17)32-14-6-7-28(9-14)21(30)16-10-31-26-12(16)2/h8,10-11,14H,5-7,9H2,1-4H3. The van der Waals surface area contributed by atoms with Crippen molar-refractivity contribution in [3.8, 4) is 17.3 Å². The Bertz CT molecular complexity index is 1300. The minimum absolute atomic E-state index is 0.105. The quantitative estimate of drug-likeness (QED) is 0.467. The number of hydrogen-bond donors (Lipinski definition) is 0. The number of hydrogen-bond acceptors (Lipinski definition) is 8. The Morgan fingerprint density at radius 1 is 1.31 bits per heavy atom. The third-order valence-electron chi connectivity index (χ3n) is 5.96. The Kier molecular flexibility index (Phi) is 4.87. The molecule has 11 nitrogen and oxygen atoms in total. The van der Waals surface area contributed by atoms with Crippen LogP contribution in [0.1, 0.15) is 35.1 Å². The fourth-order valence-corrected chi connectivity index (χ4v) is 4.13. The summed E-state index contributed by atoms with van der Waals surface area (Å²) in [6.07, 6.45) is 5.19. The minimum Gasteiger partial charge on any atom is -0.471 e. The molecule has 1 fully saturated rings. The number of ether oxygens (including phenoxy) is 1. The first-order chi connectivity index (χ1) is 15.5. The second-order valence-corrected chi connectivity index (χ2v) is 7.90. The van der Waals surface area contributed by atoms with Crippen molar-refractivity contribution in [3.05, 3.63) is 35.7 Å². The zero-order valence-electron chi connectivity index (χ0n) is 18.4. The van der Waals surface area contributed by atoms with Crippen LogP contribution in [0, 0.1) is 13.8 Å². The predicted molar refractivity (Wildman–Crippen MR) is 114 cm³/mol. The maximum Gasteiger partial charge on any atom is 0.259 e. The Balaban J connectivity index is 1.40. The first-order valence-corrected chi connectivity index (χ1v) is 10.5.